The molecular weight excluding hydrogens is 359 g/mol. The molecule has 0 radical (unpaired) electrons. The monoisotopic (exact) mass is 376 g/mol. The summed E-state index contributed by atoms with van der Waals surface area (Å²) in [5.41, 5.74) is 1.04. The number of imidazole rings is 1. The van der Waals surface area contributed by atoms with E-state index in [2.05, 4.69) is 21.5 Å². The third kappa shape index (κ3) is 3.91. The van der Waals surface area contributed by atoms with Crippen molar-refractivity contribution in [3.8, 4) is 0 Å². The van der Waals surface area contributed by atoms with Gasteiger partial charge in [0, 0.05) is 37.0 Å². The van der Waals surface area contributed by atoms with Crippen LogP contribution in [0.3, 0.4) is 0 Å². The number of anilines is 2. The average Bonchev–Trinajstić information content (AvgIpc) is 3.23. The number of carbonyl (C=O) groups excluding carboxylic acids is 1. The van der Waals surface area contributed by atoms with E-state index in [-0.39, 0.29) is 11.6 Å². The molecule has 1 amide bonds. The second kappa shape index (κ2) is 7.79. The number of nitrogens with zero attached hydrogens (tertiary/aromatic N) is 4. The van der Waals surface area contributed by atoms with E-state index < -0.39 is 5.82 Å². The number of thiazole rings is 1. The minimum atomic E-state index is -0.450. The fourth-order valence-corrected chi connectivity index (χ4v) is 4.22. The molecule has 130 valence electrons. The highest BCUT2D eigenvalue weighted by Crippen LogP contribution is 2.32. The lowest BCUT2D eigenvalue weighted by Crippen LogP contribution is -2.23. The number of aromatic nitrogens is 3. The van der Waals surface area contributed by atoms with Crippen molar-refractivity contribution in [1.29, 1.82) is 0 Å². The molecule has 0 unspecified atom stereocenters. The van der Waals surface area contributed by atoms with Crippen LogP contribution in [-0.2, 0) is 17.1 Å². The van der Waals surface area contributed by atoms with Crippen molar-refractivity contribution < 1.29 is 9.18 Å². The van der Waals surface area contributed by atoms with Crippen LogP contribution in [0.25, 0.3) is 0 Å². The van der Waals surface area contributed by atoms with Crippen LogP contribution in [0.2, 0.25) is 0 Å². The Morgan fingerprint density at radius 1 is 1.40 bits per heavy atom. The summed E-state index contributed by atoms with van der Waals surface area (Å²) in [7, 11) is 0. The molecule has 2 heterocycles. The number of carbonyl (C=O) groups is 1. The normalized spacial score (nSPS) is 10.8. The summed E-state index contributed by atoms with van der Waals surface area (Å²) in [4.78, 5) is 22.2. The molecule has 0 atom stereocenters. The summed E-state index contributed by atoms with van der Waals surface area (Å²) in [5.74, 6) is -0.0924. The molecule has 0 fully saturated rings. The number of amides is 1. The number of benzene rings is 1. The molecule has 0 saturated heterocycles. The second-order valence-corrected chi connectivity index (χ2v) is 6.99. The van der Waals surface area contributed by atoms with E-state index in [9.17, 15) is 9.18 Å². The van der Waals surface area contributed by atoms with Crippen molar-refractivity contribution >= 4 is 39.8 Å². The Kier molecular flexibility index (Phi) is 5.50. The van der Waals surface area contributed by atoms with Crippen molar-refractivity contribution in [1.82, 2.24) is 14.5 Å². The summed E-state index contributed by atoms with van der Waals surface area (Å²) >= 11 is 2.91. The maximum atomic E-state index is 14.1. The number of para-hydroxylation sites is 1. The second-order valence-electron chi connectivity index (χ2n) is 5.21. The molecule has 25 heavy (non-hydrogen) atoms. The first-order valence-electron chi connectivity index (χ1n) is 7.73. The Morgan fingerprint density at radius 2 is 2.20 bits per heavy atom. The molecule has 1 aromatic carbocycles. The Morgan fingerprint density at radius 3 is 2.92 bits per heavy atom. The lowest BCUT2D eigenvalue weighted by Gasteiger charge is -2.18. The van der Waals surface area contributed by atoms with Crippen molar-refractivity contribution in [2.75, 3.05) is 4.90 Å². The molecule has 8 heteroatoms. The number of rotatable bonds is 6. The molecule has 0 saturated carbocycles. The molecular formula is C17H17FN4OS2. The van der Waals surface area contributed by atoms with Crippen LogP contribution >= 0.6 is 23.1 Å². The number of thioether (sulfide) groups is 1. The molecule has 0 aliphatic rings. The molecule has 0 aliphatic carbocycles. The third-order valence-corrected chi connectivity index (χ3v) is 5.42. The predicted molar refractivity (Wildman–Crippen MR) is 98.8 cm³/mol. The highest BCUT2D eigenvalue weighted by molar-refractivity contribution is 7.98. The maximum absolute atomic E-state index is 14.1. The van der Waals surface area contributed by atoms with Gasteiger partial charge >= 0.3 is 0 Å². The molecule has 3 rings (SSSR count). The van der Waals surface area contributed by atoms with Crippen LogP contribution in [0.4, 0.5) is 15.2 Å². The van der Waals surface area contributed by atoms with E-state index in [1.54, 1.807) is 36.2 Å². The molecule has 0 spiro atoms. The molecule has 0 aliphatic heterocycles. The standard InChI is InChI=1S/C17H17FN4OS2/c1-3-21-9-8-19-16(21)24-10-13-11-25-17(20-13)22(12(2)23)15-7-5-4-6-14(15)18/h4-9,11H,3,10H2,1-2H3. The van der Waals surface area contributed by atoms with Crippen LogP contribution < -0.4 is 4.90 Å². The lowest BCUT2D eigenvalue weighted by molar-refractivity contribution is -0.115. The summed E-state index contributed by atoms with van der Waals surface area (Å²) in [5, 5.41) is 3.28. The van der Waals surface area contributed by atoms with Crippen molar-refractivity contribution in [3.05, 3.63) is 53.6 Å². The molecule has 3 aromatic rings. The van der Waals surface area contributed by atoms with Gasteiger partial charge in [-0.25, -0.2) is 14.4 Å². The highest BCUT2D eigenvalue weighted by Gasteiger charge is 2.21. The summed E-state index contributed by atoms with van der Waals surface area (Å²) in [6.07, 6.45) is 3.71. The smallest absolute Gasteiger partial charge is 0.230 e. The Labute approximate surface area is 153 Å². The van der Waals surface area contributed by atoms with E-state index in [0.717, 1.165) is 17.4 Å². The number of hydrogen-bond donors (Lipinski definition) is 0. The summed E-state index contributed by atoms with van der Waals surface area (Å²) in [6, 6.07) is 6.20. The van der Waals surface area contributed by atoms with Crippen molar-refractivity contribution in [2.24, 2.45) is 0 Å². The first kappa shape index (κ1) is 17.6. The van der Waals surface area contributed by atoms with Gasteiger partial charge in [-0.15, -0.1) is 11.3 Å². The van der Waals surface area contributed by atoms with Gasteiger partial charge in [-0.1, -0.05) is 23.9 Å². The summed E-state index contributed by atoms with van der Waals surface area (Å²) < 4.78 is 16.1. The lowest BCUT2D eigenvalue weighted by atomic mass is 10.3. The van der Waals surface area contributed by atoms with Crippen molar-refractivity contribution in [3.63, 3.8) is 0 Å². The minimum Gasteiger partial charge on any atom is -0.326 e. The van der Waals surface area contributed by atoms with Gasteiger partial charge in [0.15, 0.2) is 10.3 Å². The molecule has 0 N–H and O–H groups in total. The number of aryl methyl sites for hydroxylation is 1. The number of hydrogen-bond acceptors (Lipinski definition) is 5. The first-order chi connectivity index (χ1) is 12.1. The van der Waals surface area contributed by atoms with Crippen LogP contribution in [-0.4, -0.2) is 20.4 Å². The van der Waals surface area contributed by atoms with Gasteiger partial charge in [-0.05, 0) is 19.1 Å². The third-order valence-electron chi connectivity index (χ3n) is 3.51. The van der Waals surface area contributed by atoms with Gasteiger partial charge in [0.1, 0.15) is 5.82 Å². The highest BCUT2D eigenvalue weighted by atomic mass is 32.2. The fraction of sp³-hybridized carbons (Fsp3) is 0.235. The predicted octanol–water partition coefficient (Wildman–Crippen LogP) is 4.48. The zero-order valence-corrected chi connectivity index (χ0v) is 15.5. The minimum absolute atomic E-state index is 0.213. The quantitative estimate of drug-likeness (QED) is 0.596. The molecule has 2 aromatic heterocycles. The SMILES string of the molecule is CCn1ccnc1SCc1csc(N(C(C)=O)c2ccccc2F)n1. The van der Waals surface area contributed by atoms with E-state index >= 15 is 0 Å². The fourth-order valence-electron chi connectivity index (χ4n) is 2.32. The maximum Gasteiger partial charge on any atom is 0.230 e. The van der Waals surface area contributed by atoms with Crippen LogP contribution in [0.5, 0.6) is 0 Å². The van der Waals surface area contributed by atoms with E-state index in [4.69, 9.17) is 0 Å². The van der Waals surface area contributed by atoms with Crippen LogP contribution in [0.1, 0.15) is 19.5 Å². The van der Waals surface area contributed by atoms with Gasteiger partial charge in [-0.2, -0.15) is 0 Å². The van der Waals surface area contributed by atoms with Gasteiger partial charge in [0.05, 0.1) is 11.4 Å². The zero-order chi connectivity index (χ0) is 17.8. The van der Waals surface area contributed by atoms with E-state index in [1.807, 2.05) is 11.6 Å². The number of halogens is 1. The zero-order valence-electron chi connectivity index (χ0n) is 13.8. The van der Waals surface area contributed by atoms with Gasteiger partial charge in [-0.3, -0.25) is 9.69 Å². The summed E-state index contributed by atoms with van der Waals surface area (Å²) in [6.45, 7) is 4.32. The van der Waals surface area contributed by atoms with Gasteiger partial charge in [0.25, 0.3) is 0 Å². The van der Waals surface area contributed by atoms with Gasteiger partial charge in [0.2, 0.25) is 5.91 Å². The Bertz CT molecular complexity index is 877. The van der Waals surface area contributed by atoms with Crippen molar-refractivity contribution in [2.45, 2.75) is 31.3 Å². The molecule has 0 bridgehead atoms. The average molecular weight is 376 g/mol. The van der Waals surface area contributed by atoms with E-state index in [1.165, 1.54) is 29.2 Å². The topological polar surface area (TPSA) is 51.0 Å². The van der Waals surface area contributed by atoms with Crippen LogP contribution in [0.15, 0.2) is 47.2 Å². The van der Waals surface area contributed by atoms with Crippen LogP contribution in [0, 0.1) is 5.82 Å². The first-order valence-corrected chi connectivity index (χ1v) is 9.60. The Balaban J connectivity index is 1.79. The van der Waals surface area contributed by atoms with Gasteiger partial charge < -0.3 is 4.57 Å². The van der Waals surface area contributed by atoms with E-state index in [0.29, 0.717) is 10.9 Å². The molecule has 5 nitrogen and oxygen atoms in total. The largest absolute Gasteiger partial charge is 0.326 e. The Hall–Kier alpha value is -2.19.